The number of epoxide rings is 1. The Morgan fingerprint density at radius 2 is 1.09 bits per heavy atom. The summed E-state index contributed by atoms with van der Waals surface area (Å²) in [6.07, 6.45) is 0.202. The van der Waals surface area contributed by atoms with Gasteiger partial charge in [0.1, 0.15) is 42.8 Å². The maximum absolute atomic E-state index is 9.59. The van der Waals surface area contributed by atoms with Crippen LogP contribution in [-0.2, 0) is 20.3 Å². The predicted octanol–water partition coefficient (Wildman–Crippen LogP) is 8.28. The molecule has 2 N–H and O–H groups in total. The van der Waals surface area contributed by atoms with E-state index in [4.69, 9.17) is 23.7 Å². The van der Waals surface area contributed by atoms with Crippen LogP contribution < -0.4 is 14.2 Å². The second kappa shape index (κ2) is 17.2. The molecule has 2 atom stereocenters. The van der Waals surface area contributed by atoms with Gasteiger partial charge in [-0.2, -0.15) is 0 Å². The van der Waals surface area contributed by atoms with Crippen LogP contribution in [-0.4, -0.2) is 56.1 Å². The smallest absolute Gasteiger partial charge is 0.223 e. The van der Waals surface area contributed by atoms with Gasteiger partial charge in [0, 0.05) is 17.9 Å². The summed E-state index contributed by atoms with van der Waals surface area (Å²) in [5.74, 6) is 2.74. The summed E-state index contributed by atoms with van der Waals surface area (Å²) in [4.78, 5) is 0. The maximum Gasteiger partial charge on any atom is 0.223 e. The fourth-order valence-electron chi connectivity index (χ4n) is 4.91. The van der Waals surface area contributed by atoms with Crippen molar-refractivity contribution in [3.8, 4) is 23.0 Å². The number of methoxy groups -OCH3 is 1. The molecule has 0 amide bonds. The average Bonchev–Trinajstić information content (AvgIpc) is 3.89. The minimum Gasteiger partial charge on any atom is -0.508 e. The predicted molar refractivity (Wildman–Crippen MR) is 188 cm³/mol. The molecule has 1 heterocycles. The van der Waals surface area contributed by atoms with E-state index in [0.717, 1.165) is 22.8 Å². The van der Waals surface area contributed by atoms with E-state index in [1.807, 2.05) is 55.5 Å². The number of benzene rings is 4. The minimum absolute atomic E-state index is 0. The van der Waals surface area contributed by atoms with E-state index in [2.05, 4.69) is 64.1 Å². The Morgan fingerprint density at radius 3 is 1.49 bits per heavy atom. The Balaban J connectivity index is 0.000000254. The van der Waals surface area contributed by atoms with Gasteiger partial charge >= 0.3 is 0 Å². The molecule has 47 heavy (non-hydrogen) atoms. The third-order valence-corrected chi connectivity index (χ3v) is 8.36. The molecule has 4 aromatic rings. The first kappa shape index (κ1) is 37.4. The molecule has 5 rings (SSSR count). The lowest BCUT2D eigenvalue weighted by molar-refractivity contribution is 0.104. The van der Waals surface area contributed by atoms with Crippen molar-refractivity contribution in [2.45, 2.75) is 71.7 Å². The van der Waals surface area contributed by atoms with E-state index in [1.54, 1.807) is 19.2 Å². The van der Waals surface area contributed by atoms with Crippen LogP contribution >= 0.6 is 0 Å². The zero-order valence-corrected chi connectivity index (χ0v) is 27.9. The molecule has 4 aromatic carbocycles. The van der Waals surface area contributed by atoms with Gasteiger partial charge in [0.25, 0.3) is 0 Å². The first-order valence-electron chi connectivity index (χ1n) is 15.8. The van der Waals surface area contributed by atoms with Crippen molar-refractivity contribution in [1.29, 1.82) is 0 Å². The van der Waals surface area contributed by atoms with E-state index in [-0.39, 0.29) is 30.3 Å². The van der Waals surface area contributed by atoms with E-state index >= 15 is 0 Å². The van der Waals surface area contributed by atoms with Crippen LogP contribution in [0.1, 0.15) is 70.7 Å². The van der Waals surface area contributed by atoms with Crippen LogP contribution in [0.15, 0.2) is 97.1 Å². The summed E-state index contributed by atoms with van der Waals surface area (Å²) < 4.78 is 26.8. The Kier molecular flexibility index (Phi) is 13.7. The zero-order valence-electron chi connectivity index (χ0n) is 27.9. The average molecular weight is 645 g/mol. The van der Waals surface area contributed by atoms with Gasteiger partial charge in [-0.3, -0.25) is 0 Å². The highest BCUT2D eigenvalue weighted by Gasteiger charge is 2.26. The van der Waals surface area contributed by atoms with Crippen molar-refractivity contribution < 1.29 is 33.9 Å². The number of ether oxygens (including phenoxy) is 5. The summed E-state index contributed by atoms with van der Waals surface area (Å²) in [6.45, 7) is 12.8. The van der Waals surface area contributed by atoms with Gasteiger partial charge in [-0.15, -0.1) is 0 Å². The number of hydrogen-bond acceptors (Lipinski definition) is 7. The van der Waals surface area contributed by atoms with Crippen molar-refractivity contribution in [1.82, 2.24) is 0 Å². The zero-order chi connectivity index (χ0) is 33.2. The lowest BCUT2D eigenvalue weighted by atomic mass is 9.78. The van der Waals surface area contributed by atoms with E-state index < -0.39 is 6.10 Å². The molecule has 1 fully saturated rings. The molecule has 7 nitrogen and oxygen atoms in total. The standard InChI is InChI=1S/C21H26O4.C18H22O3.CH4/c1-4-17(22)13-23-18-9-5-15(6-10-18)21(2,3)16-7-11-19(12-8-16)25-20-14-24-20;1-18(2,14-4-8-16(19)9-5-14)15-6-10-17(11-7-15)21-13-12-20-3;/h5-12,17,20,22H,4,13-14H2,1-3H3;4-11,19H,12-13H2,1-3H3;1H4. The summed E-state index contributed by atoms with van der Waals surface area (Å²) in [5.41, 5.74) is 4.52. The highest BCUT2D eigenvalue weighted by Crippen LogP contribution is 2.35. The van der Waals surface area contributed by atoms with Crippen LogP contribution in [0.3, 0.4) is 0 Å². The Morgan fingerprint density at radius 1 is 0.681 bits per heavy atom. The molecule has 0 radical (unpaired) electrons. The molecule has 0 saturated carbocycles. The number of rotatable bonds is 14. The summed E-state index contributed by atoms with van der Waals surface area (Å²) in [7, 11) is 1.66. The minimum atomic E-state index is -0.419. The molecular formula is C40H52O7. The van der Waals surface area contributed by atoms with Gasteiger partial charge in [0.05, 0.1) is 12.7 Å². The highest BCUT2D eigenvalue weighted by atomic mass is 16.8. The van der Waals surface area contributed by atoms with Gasteiger partial charge in [-0.25, -0.2) is 0 Å². The fourth-order valence-corrected chi connectivity index (χ4v) is 4.91. The highest BCUT2D eigenvalue weighted by molar-refractivity contribution is 5.43. The first-order valence-corrected chi connectivity index (χ1v) is 15.8. The molecule has 1 aliphatic rings. The van der Waals surface area contributed by atoms with E-state index in [0.29, 0.717) is 32.8 Å². The summed E-state index contributed by atoms with van der Waals surface area (Å²) >= 11 is 0. The second-order valence-electron chi connectivity index (χ2n) is 12.5. The lowest BCUT2D eigenvalue weighted by Gasteiger charge is -2.26. The summed E-state index contributed by atoms with van der Waals surface area (Å²) in [5, 5.41) is 19.0. The Hall–Kier alpha value is -4.04. The SMILES string of the molecule is C.CCC(O)COc1ccc(C(C)(C)c2ccc(OC3CO3)cc2)cc1.COCCOc1ccc(C(C)(C)c2ccc(O)cc2)cc1. The van der Waals surface area contributed by atoms with Gasteiger partial charge in [-0.05, 0) is 77.2 Å². The van der Waals surface area contributed by atoms with E-state index in [1.165, 1.54) is 16.7 Å². The van der Waals surface area contributed by atoms with Gasteiger partial charge in [0.2, 0.25) is 6.29 Å². The van der Waals surface area contributed by atoms with Gasteiger partial charge in [-0.1, -0.05) is 90.6 Å². The topological polar surface area (TPSA) is 89.9 Å². The van der Waals surface area contributed by atoms with Crippen molar-refractivity contribution in [2.24, 2.45) is 0 Å². The molecule has 7 heteroatoms. The van der Waals surface area contributed by atoms with E-state index in [9.17, 15) is 10.2 Å². The Labute approximate surface area is 281 Å². The van der Waals surface area contributed by atoms with Gasteiger partial charge in [0.15, 0.2) is 0 Å². The number of aliphatic hydroxyl groups excluding tert-OH is 1. The molecule has 1 saturated heterocycles. The number of aromatic hydroxyl groups is 1. The molecule has 1 aliphatic heterocycles. The fraction of sp³-hybridized carbons (Fsp3) is 0.400. The third-order valence-electron chi connectivity index (χ3n) is 8.36. The summed E-state index contributed by atoms with van der Waals surface area (Å²) in [6, 6.07) is 31.7. The van der Waals surface area contributed by atoms with Crippen molar-refractivity contribution in [3.63, 3.8) is 0 Å². The maximum atomic E-state index is 9.59. The largest absolute Gasteiger partial charge is 0.508 e. The van der Waals surface area contributed by atoms with Crippen LogP contribution in [0.25, 0.3) is 0 Å². The molecular weight excluding hydrogens is 592 g/mol. The third kappa shape index (κ3) is 10.7. The Bertz CT molecular complexity index is 1460. The molecule has 254 valence electrons. The lowest BCUT2D eigenvalue weighted by Crippen LogP contribution is -2.19. The monoisotopic (exact) mass is 644 g/mol. The first-order chi connectivity index (χ1) is 22.0. The van der Waals surface area contributed by atoms with Crippen molar-refractivity contribution in [2.75, 3.05) is 33.5 Å². The second-order valence-corrected chi connectivity index (χ2v) is 12.5. The van der Waals surface area contributed by atoms with Crippen LogP contribution in [0.5, 0.6) is 23.0 Å². The number of hydrogen-bond donors (Lipinski definition) is 2. The quantitative estimate of drug-likeness (QED) is 0.105. The van der Waals surface area contributed by atoms with Crippen LogP contribution in [0, 0.1) is 0 Å². The molecule has 0 aromatic heterocycles. The van der Waals surface area contributed by atoms with Gasteiger partial charge < -0.3 is 33.9 Å². The normalized spacial score (nSPS) is 14.6. The molecule has 0 aliphatic carbocycles. The van der Waals surface area contributed by atoms with Crippen molar-refractivity contribution in [3.05, 3.63) is 119 Å². The number of phenolic OH excluding ortho intramolecular Hbond substituents is 1. The molecule has 0 spiro atoms. The van der Waals surface area contributed by atoms with Crippen LogP contribution in [0.2, 0.25) is 0 Å². The molecule has 2 unspecified atom stereocenters. The number of aliphatic hydroxyl groups is 1. The number of phenols is 1. The van der Waals surface area contributed by atoms with Crippen molar-refractivity contribution >= 4 is 0 Å². The van der Waals surface area contributed by atoms with Crippen LogP contribution in [0.4, 0.5) is 0 Å². The molecule has 0 bridgehead atoms.